The first-order valence-corrected chi connectivity index (χ1v) is 6.24. The zero-order chi connectivity index (χ0) is 15.6. The summed E-state index contributed by atoms with van der Waals surface area (Å²) in [4.78, 5) is 22.2. The van der Waals surface area contributed by atoms with Gasteiger partial charge in [-0.05, 0) is 32.9 Å². The third-order valence-corrected chi connectivity index (χ3v) is 3.16. The molecule has 0 amide bonds. The summed E-state index contributed by atoms with van der Waals surface area (Å²) in [6, 6.07) is 4.11. The first-order chi connectivity index (χ1) is 9.90. The molecule has 0 N–H and O–H groups in total. The normalized spacial score (nSPS) is 10.4. The topological polar surface area (TPSA) is 95.5 Å². The van der Waals surface area contributed by atoms with Crippen LogP contribution >= 0.6 is 0 Å². The van der Waals surface area contributed by atoms with E-state index in [1.54, 1.807) is 20.8 Å². The van der Waals surface area contributed by atoms with E-state index in [-0.39, 0.29) is 17.9 Å². The second-order valence-corrected chi connectivity index (χ2v) is 4.64. The number of ether oxygens (including phenoxy) is 1. The van der Waals surface area contributed by atoms with Gasteiger partial charge in [0.2, 0.25) is 0 Å². The molecule has 21 heavy (non-hydrogen) atoms. The SMILES string of the molecule is Cc1cc(C(=O)OCc2c(C)noc2C)ccc1[N+](=O)[O-]. The fraction of sp³-hybridized carbons (Fsp3) is 0.286. The Kier molecular flexibility index (Phi) is 4.02. The Bertz CT molecular complexity index is 686. The predicted octanol–water partition coefficient (Wildman–Crippen LogP) is 2.87. The van der Waals surface area contributed by atoms with Gasteiger partial charge in [0.25, 0.3) is 5.69 Å². The van der Waals surface area contributed by atoms with E-state index in [0.29, 0.717) is 17.0 Å². The molecule has 2 rings (SSSR count). The van der Waals surface area contributed by atoms with Crippen LogP contribution in [0.1, 0.15) is 32.9 Å². The molecule has 1 aromatic heterocycles. The maximum atomic E-state index is 12.0. The molecule has 0 spiro atoms. The van der Waals surface area contributed by atoms with Crippen LogP contribution in [0.25, 0.3) is 0 Å². The Balaban J connectivity index is 2.11. The van der Waals surface area contributed by atoms with Gasteiger partial charge in [-0.2, -0.15) is 0 Å². The monoisotopic (exact) mass is 290 g/mol. The van der Waals surface area contributed by atoms with Gasteiger partial charge in [0.1, 0.15) is 12.4 Å². The van der Waals surface area contributed by atoms with Crippen LogP contribution in [0.3, 0.4) is 0 Å². The van der Waals surface area contributed by atoms with Gasteiger partial charge in [0.15, 0.2) is 0 Å². The largest absolute Gasteiger partial charge is 0.457 e. The Morgan fingerprint density at radius 3 is 2.62 bits per heavy atom. The zero-order valence-corrected chi connectivity index (χ0v) is 11.9. The molecule has 110 valence electrons. The minimum atomic E-state index is -0.548. The molecule has 1 aromatic carbocycles. The molecule has 7 nitrogen and oxygen atoms in total. The minimum absolute atomic E-state index is 0.0303. The van der Waals surface area contributed by atoms with Crippen molar-refractivity contribution in [3.05, 3.63) is 56.5 Å². The number of aromatic nitrogens is 1. The number of benzene rings is 1. The molecule has 0 aliphatic heterocycles. The van der Waals surface area contributed by atoms with E-state index in [1.807, 2.05) is 0 Å². The van der Waals surface area contributed by atoms with Crippen LogP contribution in [-0.4, -0.2) is 16.0 Å². The Labute approximate surface area is 120 Å². The van der Waals surface area contributed by atoms with Crippen LogP contribution in [0.4, 0.5) is 5.69 Å². The minimum Gasteiger partial charge on any atom is -0.457 e. The summed E-state index contributed by atoms with van der Waals surface area (Å²) in [6.45, 7) is 5.12. The molecule has 0 fully saturated rings. The lowest BCUT2D eigenvalue weighted by Crippen LogP contribution is -2.07. The van der Waals surface area contributed by atoms with Crippen molar-refractivity contribution in [2.24, 2.45) is 0 Å². The Morgan fingerprint density at radius 2 is 2.10 bits per heavy atom. The molecule has 7 heteroatoms. The fourth-order valence-corrected chi connectivity index (χ4v) is 1.92. The lowest BCUT2D eigenvalue weighted by molar-refractivity contribution is -0.385. The highest BCUT2D eigenvalue weighted by atomic mass is 16.6. The molecule has 0 unspecified atom stereocenters. The van der Waals surface area contributed by atoms with E-state index >= 15 is 0 Å². The highest BCUT2D eigenvalue weighted by molar-refractivity contribution is 5.90. The van der Waals surface area contributed by atoms with Gasteiger partial charge >= 0.3 is 5.97 Å². The van der Waals surface area contributed by atoms with Crippen molar-refractivity contribution in [3.63, 3.8) is 0 Å². The molecule has 1 heterocycles. The van der Waals surface area contributed by atoms with Crippen LogP contribution in [0.15, 0.2) is 22.7 Å². The molecule has 0 aliphatic rings. The smallest absolute Gasteiger partial charge is 0.338 e. The number of carbonyl (C=O) groups is 1. The van der Waals surface area contributed by atoms with Crippen LogP contribution in [0.5, 0.6) is 0 Å². The van der Waals surface area contributed by atoms with Crippen LogP contribution < -0.4 is 0 Å². The van der Waals surface area contributed by atoms with Gasteiger partial charge in [-0.3, -0.25) is 10.1 Å². The molecule has 0 saturated heterocycles. The van der Waals surface area contributed by atoms with Crippen molar-refractivity contribution in [2.75, 3.05) is 0 Å². The predicted molar refractivity (Wildman–Crippen MR) is 72.9 cm³/mol. The highest BCUT2D eigenvalue weighted by Crippen LogP contribution is 2.20. The second kappa shape index (κ2) is 5.74. The van der Waals surface area contributed by atoms with Gasteiger partial charge in [-0.1, -0.05) is 5.16 Å². The molecule has 0 saturated carbocycles. The van der Waals surface area contributed by atoms with Crippen molar-refractivity contribution < 1.29 is 19.0 Å². The Hall–Kier alpha value is -2.70. The van der Waals surface area contributed by atoms with E-state index in [9.17, 15) is 14.9 Å². The van der Waals surface area contributed by atoms with Crippen LogP contribution in [-0.2, 0) is 11.3 Å². The van der Waals surface area contributed by atoms with Gasteiger partial charge < -0.3 is 9.26 Å². The van der Waals surface area contributed by atoms with Crippen molar-refractivity contribution in [2.45, 2.75) is 27.4 Å². The molecule has 2 aromatic rings. The van der Waals surface area contributed by atoms with E-state index in [0.717, 1.165) is 5.56 Å². The van der Waals surface area contributed by atoms with Crippen molar-refractivity contribution in [3.8, 4) is 0 Å². The first-order valence-electron chi connectivity index (χ1n) is 6.24. The molecule has 0 aliphatic carbocycles. The number of carbonyl (C=O) groups excluding carboxylic acids is 1. The number of hydrogen-bond acceptors (Lipinski definition) is 6. The van der Waals surface area contributed by atoms with Crippen molar-refractivity contribution >= 4 is 11.7 Å². The summed E-state index contributed by atoms with van der Waals surface area (Å²) in [7, 11) is 0. The molecule has 0 radical (unpaired) electrons. The van der Waals surface area contributed by atoms with E-state index in [4.69, 9.17) is 9.26 Å². The van der Waals surface area contributed by atoms with Crippen molar-refractivity contribution in [1.29, 1.82) is 0 Å². The summed E-state index contributed by atoms with van der Waals surface area (Å²) in [6.07, 6.45) is 0. The van der Waals surface area contributed by atoms with Gasteiger partial charge in [0.05, 0.1) is 21.7 Å². The maximum absolute atomic E-state index is 12.0. The van der Waals surface area contributed by atoms with Gasteiger partial charge in [-0.25, -0.2) is 4.79 Å². The average Bonchev–Trinajstić information content (AvgIpc) is 2.75. The Morgan fingerprint density at radius 1 is 1.38 bits per heavy atom. The van der Waals surface area contributed by atoms with E-state index in [1.165, 1.54) is 18.2 Å². The summed E-state index contributed by atoms with van der Waals surface area (Å²) >= 11 is 0. The maximum Gasteiger partial charge on any atom is 0.338 e. The number of hydrogen-bond donors (Lipinski definition) is 0. The summed E-state index contributed by atoms with van der Waals surface area (Å²) in [5, 5.41) is 14.5. The molecular formula is C14H14N2O5. The third kappa shape index (κ3) is 3.07. The number of esters is 1. The average molecular weight is 290 g/mol. The number of aryl methyl sites for hydroxylation is 3. The zero-order valence-electron chi connectivity index (χ0n) is 11.9. The third-order valence-electron chi connectivity index (χ3n) is 3.16. The van der Waals surface area contributed by atoms with E-state index < -0.39 is 10.9 Å². The summed E-state index contributed by atoms with van der Waals surface area (Å²) < 4.78 is 10.2. The molecule has 0 bridgehead atoms. The number of nitrogens with zero attached hydrogens (tertiary/aromatic N) is 2. The number of nitro benzene ring substituents is 1. The number of nitro groups is 1. The van der Waals surface area contributed by atoms with Crippen molar-refractivity contribution in [1.82, 2.24) is 5.16 Å². The van der Waals surface area contributed by atoms with Crippen LogP contribution in [0.2, 0.25) is 0 Å². The van der Waals surface area contributed by atoms with E-state index in [2.05, 4.69) is 5.16 Å². The number of rotatable bonds is 4. The lowest BCUT2D eigenvalue weighted by atomic mass is 10.1. The fourth-order valence-electron chi connectivity index (χ4n) is 1.92. The highest BCUT2D eigenvalue weighted by Gasteiger charge is 2.16. The quantitative estimate of drug-likeness (QED) is 0.488. The van der Waals surface area contributed by atoms with Crippen LogP contribution in [0, 0.1) is 30.9 Å². The summed E-state index contributed by atoms with van der Waals surface area (Å²) in [5.74, 6) is 0.0492. The van der Waals surface area contributed by atoms with Gasteiger partial charge in [-0.15, -0.1) is 0 Å². The second-order valence-electron chi connectivity index (χ2n) is 4.64. The van der Waals surface area contributed by atoms with Gasteiger partial charge in [0, 0.05) is 11.6 Å². The first kappa shape index (κ1) is 14.7. The standard InChI is InChI=1S/C14H14N2O5/c1-8-6-11(4-5-13(8)16(18)19)14(17)20-7-12-9(2)15-21-10(12)3/h4-6H,7H2,1-3H3. The lowest BCUT2D eigenvalue weighted by Gasteiger charge is -2.05. The summed E-state index contributed by atoms with van der Waals surface area (Å²) in [5.41, 5.74) is 2.04. The molecule has 0 atom stereocenters. The molecular weight excluding hydrogens is 276 g/mol.